The third-order valence-electron chi connectivity index (χ3n) is 4.24. The normalized spacial score (nSPS) is 13.7. The van der Waals surface area contributed by atoms with Crippen LogP contribution in [-0.4, -0.2) is 12.6 Å². The van der Waals surface area contributed by atoms with Crippen LogP contribution in [-0.2, 0) is 9.53 Å². The van der Waals surface area contributed by atoms with Crippen LogP contribution in [0.3, 0.4) is 0 Å². The molecule has 0 amide bonds. The summed E-state index contributed by atoms with van der Waals surface area (Å²) in [7, 11) is 0. The molecular formula is C19H36O2. The molecule has 0 fully saturated rings. The molecule has 1 unspecified atom stereocenters. The summed E-state index contributed by atoms with van der Waals surface area (Å²) in [5.41, 5.74) is -0.504. The Kier molecular flexibility index (Phi) is 12.4. The van der Waals surface area contributed by atoms with Crippen LogP contribution in [0.25, 0.3) is 0 Å². The maximum Gasteiger partial charge on any atom is 0.315 e. The van der Waals surface area contributed by atoms with E-state index in [0.29, 0.717) is 6.61 Å². The van der Waals surface area contributed by atoms with Gasteiger partial charge in [-0.05, 0) is 20.3 Å². The summed E-state index contributed by atoms with van der Waals surface area (Å²) in [6.07, 6.45) is 15.7. The van der Waals surface area contributed by atoms with Gasteiger partial charge in [-0.25, -0.2) is 0 Å². The second-order valence-electron chi connectivity index (χ2n) is 6.27. The minimum atomic E-state index is -0.504. The molecule has 0 bridgehead atoms. The minimum Gasteiger partial charge on any atom is -0.465 e. The molecule has 0 saturated heterocycles. The Hall–Kier alpha value is -0.790. The molecule has 0 aliphatic heterocycles. The first-order valence-electron chi connectivity index (χ1n) is 8.91. The summed E-state index contributed by atoms with van der Waals surface area (Å²) in [5, 5.41) is 0. The van der Waals surface area contributed by atoms with Crippen molar-refractivity contribution in [1.82, 2.24) is 0 Å². The molecule has 0 saturated carbocycles. The van der Waals surface area contributed by atoms with E-state index in [1.807, 2.05) is 13.8 Å². The van der Waals surface area contributed by atoms with Crippen molar-refractivity contribution in [1.29, 1.82) is 0 Å². The molecule has 0 aromatic rings. The molecule has 0 aromatic heterocycles. The third kappa shape index (κ3) is 9.71. The molecule has 0 radical (unpaired) electrons. The standard InChI is InChI=1S/C19H36O2/c1-5-8-9-10-11-12-13-14-15-16-17-19(4,6-2)18(20)21-7-3/h6H,2,5,7-17H2,1,3-4H3. The first kappa shape index (κ1) is 20.2. The van der Waals surface area contributed by atoms with Gasteiger partial charge in [-0.1, -0.05) is 77.2 Å². The zero-order valence-electron chi connectivity index (χ0n) is 14.6. The SMILES string of the molecule is C=CC(C)(CCCCCCCCCCCC)C(=O)OCC. The molecule has 2 heteroatoms. The van der Waals surface area contributed by atoms with E-state index in [9.17, 15) is 4.79 Å². The van der Waals surface area contributed by atoms with Crippen LogP contribution < -0.4 is 0 Å². The lowest BCUT2D eigenvalue weighted by atomic mass is 9.84. The Balaban J connectivity index is 3.60. The fourth-order valence-electron chi connectivity index (χ4n) is 2.56. The topological polar surface area (TPSA) is 26.3 Å². The highest BCUT2D eigenvalue weighted by Gasteiger charge is 2.30. The van der Waals surface area contributed by atoms with Gasteiger partial charge >= 0.3 is 5.97 Å². The molecular weight excluding hydrogens is 260 g/mol. The van der Waals surface area contributed by atoms with E-state index in [2.05, 4.69) is 13.5 Å². The van der Waals surface area contributed by atoms with Gasteiger partial charge in [-0.3, -0.25) is 4.79 Å². The van der Waals surface area contributed by atoms with Gasteiger partial charge in [0, 0.05) is 0 Å². The van der Waals surface area contributed by atoms with Gasteiger partial charge in [-0.15, -0.1) is 6.58 Å². The molecule has 0 rings (SSSR count). The predicted molar refractivity (Wildman–Crippen MR) is 91.4 cm³/mol. The van der Waals surface area contributed by atoms with Gasteiger partial charge in [0.25, 0.3) is 0 Å². The zero-order chi connectivity index (χ0) is 16.0. The number of hydrogen-bond donors (Lipinski definition) is 0. The van der Waals surface area contributed by atoms with E-state index in [-0.39, 0.29) is 5.97 Å². The molecule has 0 spiro atoms. The number of carbonyl (C=O) groups is 1. The number of ether oxygens (including phenoxy) is 1. The molecule has 0 aliphatic rings. The van der Waals surface area contributed by atoms with Crippen molar-refractivity contribution in [3.8, 4) is 0 Å². The molecule has 0 heterocycles. The number of hydrogen-bond acceptors (Lipinski definition) is 2. The molecule has 0 aromatic carbocycles. The Morgan fingerprint density at radius 3 is 1.86 bits per heavy atom. The zero-order valence-corrected chi connectivity index (χ0v) is 14.6. The number of esters is 1. The molecule has 21 heavy (non-hydrogen) atoms. The maximum atomic E-state index is 11.9. The molecule has 1 atom stereocenters. The second kappa shape index (κ2) is 12.9. The van der Waals surface area contributed by atoms with Gasteiger partial charge in [-0.2, -0.15) is 0 Å². The van der Waals surface area contributed by atoms with Crippen LogP contribution in [0.4, 0.5) is 0 Å². The first-order chi connectivity index (χ1) is 10.1. The Morgan fingerprint density at radius 2 is 1.43 bits per heavy atom. The van der Waals surface area contributed by atoms with E-state index < -0.39 is 5.41 Å². The first-order valence-corrected chi connectivity index (χ1v) is 8.91. The lowest BCUT2D eigenvalue weighted by molar-refractivity contribution is -0.151. The number of unbranched alkanes of at least 4 members (excludes halogenated alkanes) is 9. The summed E-state index contributed by atoms with van der Waals surface area (Å²) in [5.74, 6) is -0.129. The van der Waals surface area contributed by atoms with Crippen molar-refractivity contribution in [2.24, 2.45) is 5.41 Å². The molecule has 124 valence electrons. The van der Waals surface area contributed by atoms with Crippen molar-refractivity contribution in [2.45, 2.75) is 91.4 Å². The minimum absolute atomic E-state index is 0.129. The third-order valence-corrected chi connectivity index (χ3v) is 4.24. The summed E-state index contributed by atoms with van der Waals surface area (Å²) < 4.78 is 5.13. The van der Waals surface area contributed by atoms with E-state index in [1.165, 1.54) is 57.8 Å². The van der Waals surface area contributed by atoms with E-state index >= 15 is 0 Å². The highest BCUT2D eigenvalue weighted by molar-refractivity contribution is 5.78. The summed E-state index contributed by atoms with van der Waals surface area (Å²) >= 11 is 0. The maximum absolute atomic E-state index is 11.9. The highest BCUT2D eigenvalue weighted by atomic mass is 16.5. The second-order valence-corrected chi connectivity index (χ2v) is 6.27. The average Bonchev–Trinajstić information content (AvgIpc) is 2.49. The van der Waals surface area contributed by atoms with Crippen LogP contribution >= 0.6 is 0 Å². The van der Waals surface area contributed by atoms with E-state index in [0.717, 1.165) is 12.8 Å². The van der Waals surface area contributed by atoms with Gasteiger partial charge < -0.3 is 4.74 Å². The molecule has 0 aliphatic carbocycles. The summed E-state index contributed by atoms with van der Waals surface area (Å²) in [6, 6.07) is 0. The Bertz CT molecular complexity index is 273. The summed E-state index contributed by atoms with van der Waals surface area (Å²) in [4.78, 5) is 11.9. The Morgan fingerprint density at radius 1 is 0.952 bits per heavy atom. The van der Waals surface area contributed by atoms with Crippen molar-refractivity contribution in [3.05, 3.63) is 12.7 Å². The van der Waals surface area contributed by atoms with Crippen LogP contribution in [0, 0.1) is 5.41 Å². The van der Waals surface area contributed by atoms with Gasteiger partial charge in [0.05, 0.1) is 12.0 Å². The summed E-state index contributed by atoms with van der Waals surface area (Å²) in [6.45, 7) is 10.3. The van der Waals surface area contributed by atoms with Crippen molar-refractivity contribution in [3.63, 3.8) is 0 Å². The lowest BCUT2D eigenvalue weighted by Crippen LogP contribution is -2.27. The van der Waals surface area contributed by atoms with Gasteiger partial charge in [0.2, 0.25) is 0 Å². The smallest absolute Gasteiger partial charge is 0.315 e. The van der Waals surface area contributed by atoms with Crippen LogP contribution in [0.2, 0.25) is 0 Å². The van der Waals surface area contributed by atoms with Crippen LogP contribution in [0.1, 0.15) is 91.4 Å². The predicted octanol–water partition coefficient (Wildman–Crippen LogP) is 6.05. The van der Waals surface area contributed by atoms with Crippen molar-refractivity contribution >= 4 is 5.97 Å². The monoisotopic (exact) mass is 296 g/mol. The number of rotatable bonds is 14. The van der Waals surface area contributed by atoms with Gasteiger partial charge in [0.1, 0.15) is 0 Å². The van der Waals surface area contributed by atoms with Crippen LogP contribution in [0.15, 0.2) is 12.7 Å². The van der Waals surface area contributed by atoms with Gasteiger partial charge in [0.15, 0.2) is 0 Å². The quantitative estimate of drug-likeness (QED) is 0.221. The fraction of sp³-hybridized carbons (Fsp3) is 0.842. The number of carbonyl (C=O) groups excluding carboxylic acids is 1. The largest absolute Gasteiger partial charge is 0.465 e. The molecule has 0 N–H and O–H groups in total. The van der Waals surface area contributed by atoms with E-state index in [4.69, 9.17) is 4.74 Å². The Labute approximate surface area is 132 Å². The highest BCUT2D eigenvalue weighted by Crippen LogP contribution is 2.28. The average molecular weight is 296 g/mol. The van der Waals surface area contributed by atoms with Crippen LogP contribution in [0.5, 0.6) is 0 Å². The van der Waals surface area contributed by atoms with Crippen molar-refractivity contribution in [2.75, 3.05) is 6.61 Å². The van der Waals surface area contributed by atoms with Crippen molar-refractivity contribution < 1.29 is 9.53 Å². The fourth-order valence-corrected chi connectivity index (χ4v) is 2.56. The lowest BCUT2D eigenvalue weighted by Gasteiger charge is -2.23. The molecule has 2 nitrogen and oxygen atoms in total. The van der Waals surface area contributed by atoms with E-state index in [1.54, 1.807) is 6.08 Å².